The first-order valence-electron chi connectivity index (χ1n) is 4.34. The highest BCUT2D eigenvalue weighted by molar-refractivity contribution is 5.70. The molecule has 0 aromatic heterocycles. The Labute approximate surface area is 75.3 Å². The van der Waals surface area contributed by atoms with Crippen molar-refractivity contribution in [3.8, 4) is 0 Å². The molecule has 2 heteroatoms. The van der Waals surface area contributed by atoms with Crippen LogP contribution in [0.2, 0.25) is 0 Å². The molecule has 0 rings (SSSR count). The number of carbonyl (C=O) groups excluding carboxylic acids is 1. The molecule has 12 heavy (non-hydrogen) atoms. The monoisotopic (exact) mass is 171 g/mol. The zero-order valence-electron chi connectivity index (χ0n) is 8.68. The summed E-state index contributed by atoms with van der Waals surface area (Å²) < 4.78 is 5.08. The molecule has 0 unspecified atom stereocenters. The van der Waals surface area contributed by atoms with Crippen molar-refractivity contribution in [3.63, 3.8) is 0 Å². The van der Waals surface area contributed by atoms with Gasteiger partial charge in [0, 0.05) is 0 Å². The van der Waals surface area contributed by atoms with Crippen LogP contribution >= 0.6 is 0 Å². The smallest absolute Gasteiger partial charge is 0.306 e. The lowest BCUT2D eigenvalue weighted by Crippen LogP contribution is -2.19. The molecule has 71 valence electrons. The van der Waals surface area contributed by atoms with Gasteiger partial charge < -0.3 is 4.74 Å². The zero-order chi connectivity index (χ0) is 9.78. The maximum atomic E-state index is 11.2. The third kappa shape index (κ3) is 6.20. The van der Waals surface area contributed by atoms with Crippen molar-refractivity contribution in [2.24, 2.45) is 5.41 Å². The third-order valence-corrected chi connectivity index (χ3v) is 1.46. The molecule has 0 amide bonds. The van der Waals surface area contributed by atoms with E-state index in [1.807, 2.05) is 41.0 Å². The van der Waals surface area contributed by atoms with Gasteiger partial charge in [0.2, 0.25) is 0 Å². The summed E-state index contributed by atoms with van der Waals surface area (Å²) in [5.74, 6) is -0.117. The van der Waals surface area contributed by atoms with E-state index in [2.05, 4.69) is 0 Å². The highest BCUT2D eigenvalue weighted by atomic mass is 16.5. The van der Waals surface area contributed by atoms with Gasteiger partial charge in [-0.3, -0.25) is 4.79 Å². The molecule has 0 aliphatic rings. The number of esters is 1. The van der Waals surface area contributed by atoms with E-state index in [1.54, 1.807) is 0 Å². The summed E-state index contributed by atoms with van der Waals surface area (Å²) in [6, 6.07) is 0. The van der Waals surface area contributed by atoms with Gasteiger partial charge in [0.1, 0.15) is 6.10 Å². The fraction of sp³-hybridized carbons (Fsp3) is 0.800. The van der Waals surface area contributed by atoms with Gasteiger partial charge in [-0.25, -0.2) is 0 Å². The Hall–Kier alpha value is -0.530. The van der Waals surface area contributed by atoms with Crippen LogP contribution in [0.15, 0.2) is 0 Å². The van der Waals surface area contributed by atoms with Crippen LogP contribution in [-0.4, -0.2) is 12.1 Å². The van der Waals surface area contributed by atoms with Crippen LogP contribution in [-0.2, 0) is 9.53 Å². The van der Waals surface area contributed by atoms with Gasteiger partial charge in [-0.15, -0.1) is 0 Å². The quantitative estimate of drug-likeness (QED) is 0.610. The van der Waals surface area contributed by atoms with Crippen molar-refractivity contribution < 1.29 is 9.53 Å². The largest absolute Gasteiger partial charge is 0.462 e. The van der Waals surface area contributed by atoms with E-state index in [1.165, 1.54) is 0 Å². The van der Waals surface area contributed by atoms with E-state index in [0.29, 0.717) is 6.42 Å². The van der Waals surface area contributed by atoms with Gasteiger partial charge in [-0.1, -0.05) is 27.7 Å². The Morgan fingerprint density at radius 2 is 2.00 bits per heavy atom. The Bertz CT molecular complexity index is 144. The molecule has 0 heterocycles. The second-order valence-corrected chi connectivity index (χ2v) is 4.27. The minimum Gasteiger partial charge on any atom is -0.462 e. The Morgan fingerprint density at radius 1 is 1.50 bits per heavy atom. The number of rotatable bonds is 3. The van der Waals surface area contributed by atoms with Crippen LogP contribution in [0, 0.1) is 11.8 Å². The Kier molecular flexibility index (Phi) is 4.29. The molecule has 1 radical (unpaired) electrons. The second-order valence-electron chi connectivity index (χ2n) is 4.27. The lowest BCUT2D eigenvalue weighted by molar-refractivity contribution is -0.148. The summed E-state index contributed by atoms with van der Waals surface area (Å²) in [5.41, 5.74) is 0.0184. The van der Waals surface area contributed by atoms with Crippen molar-refractivity contribution in [2.45, 2.75) is 47.1 Å². The van der Waals surface area contributed by atoms with Gasteiger partial charge in [0.25, 0.3) is 0 Å². The molecule has 0 saturated carbocycles. The van der Waals surface area contributed by atoms with Crippen LogP contribution in [0.3, 0.4) is 0 Å². The molecule has 0 aliphatic carbocycles. The number of carbonyl (C=O) groups is 1. The van der Waals surface area contributed by atoms with Gasteiger partial charge in [0.15, 0.2) is 0 Å². The van der Waals surface area contributed by atoms with Crippen LogP contribution in [0.4, 0.5) is 0 Å². The first kappa shape index (κ1) is 11.5. The van der Waals surface area contributed by atoms with E-state index in [9.17, 15) is 4.79 Å². The molecule has 0 aliphatic heterocycles. The van der Waals surface area contributed by atoms with Crippen molar-refractivity contribution in [2.75, 3.05) is 0 Å². The lowest BCUT2D eigenvalue weighted by atomic mass is 9.92. The van der Waals surface area contributed by atoms with Crippen LogP contribution in [0.5, 0.6) is 0 Å². The number of ether oxygens (including phenoxy) is 1. The summed E-state index contributed by atoms with van der Waals surface area (Å²) >= 11 is 0. The van der Waals surface area contributed by atoms with Crippen LogP contribution in [0.1, 0.15) is 41.0 Å². The van der Waals surface area contributed by atoms with E-state index in [-0.39, 0.29) is 17.5 Å². The van der Waals surface area contributed by atoms with E-state index in [4.69, 9.17) is 4.74 Å². The van der Waals surface area contributed by atoms with E-state index >= 15 is 0 Å². The molecule has 0 aromatic carbocycles. The minimum absolute atomic E-state index is 0.0184. The van der Waals surface area contributed by atoms with Crippen molar-refractivity contribution >= 4 is 5.97 Å². The van der Waals surface area contributed by atoms with Crippen LogP contribution < -0.4 is 0 Å². The molecular formula is C10H19O2. The topological polar surface area (TPSA) is 26.3 Å². The fourth-order valence-corrected chi connectivity index (χ4v) is 0.750. The molecule has 0 bridgehead atoms. The summed E-state index contributed by atoms with van der Waals surface area (Å²) in [5, 5.41) is 0. The zero-order valence-corrected chi connectivity index (χ0v) is 8.68. The van der Waals surface area contributed by atoms with Gasteiger partial charge in [0.05, 0.1) is 6.42 Å². The third-order valence-electron chi connectivity index (χ3n) is 1.46. The Balaban J connectivity index is 3.75. The highest BCUT2D eigenvalue weighted by Gasteiger charge is 2.18. The summed E-state index contributed by atoms with van der Waals surface area (Å²) in [6.07, 6.45) is 2.27. The first-order chi connectivity index (χ1) is 5.35. The standard InChI is InChI=1S/C10H19O2/c1-6-8(2)12-9(11)7-10(3,4)5/h6,8H,7H2,1-5H3/t8-/m0/s1. The van der Waals surface area contributed by atoms with Crippen molar-refractivity contribution in [3.05, 3.63) is 6.42 Å². The first-order valence-corrected chi connectivity index (χ1v) is 4.34. The van der Waals surface area contributed by atoms with E-state index < -0.39 is 0 Å². The molecule has 0 N–H and O–H groups in total. The number of hydrogen-bond acceptors (Lipinski definition) is 2. The normalized spacial score (nSPS) is 14.1. The molecule has 0 aromatic rings. The SMILES string of the molecule is C[CH][C@H](C)OC(=O)CC(C)(C)C. The number of hydrogen-bond donors (Lipinski definition) is 0. The predicted molar refractivity (Wildman–Crippen MR) is 49.6 cm³/mol. The molecular weight excluding hydrogens is 152 g/mol. The van der Waals surface area contributed by atoms with Crippen molar-refractivity contribution in [1.29, 1.82) is 0 Å². The van der Waals surface area contributed by atoms with Crippen molar-refractivity contribution in [1.82, 2.24) is 0 Å². The maximum Gasteiger partial charge on any atom is 0.306 e. The predicted octanol–water partition coefficient (Wildman–Crippen LogP) is 2.58. The van der Waals surface area contributed by atoms with E-state index in [0.717, 1.165) is 0 Å². The molecule has 2 nitrogen and oxygen atoms in total. The summed E-state index contributed by atoms with van der Waals surface area (Å²) in [7, 11) is 0. The Morgan fingerprint density at radius 3 is 2.33 bits per heavy atom. The lowest BCUT2D eigenvalue weighted by Gasteiger charge is -2.18. The molecule has 0 saturated heterocycles. The average molecular weight is 171 g/mol. The fourth-order valence-electron chi connectivity index (χ4n) is 0.750. The second kappa shape index (κ2) is 4.48. The average Bonchev–Trinajstić information content (AvgIpc) is 1.82. The highest BCUT2D eigenvalue weighted by Crippen LogP contribution is 2.19. The summed E-state index contributed by atoms with van der Waals surface area (Å²) in [4.78, 5) is 11.2. The molecule has 0 fully saturated rings. The van der Waals surface area contributed by atoms with Gasteiger partial charge >= 0.3 is 5.97 Å². The maximum absolute atomic E-state index is 11.2. The van der Waals surface area contributed by atoms with Gasteiger partial charge in [-0.2, -0.15) is 0 Å². The molecule has 1 atom stereocenters. The minimum atomic E-state index is -0.117. The molecule has 0 spiro atoms. The van der Waals surface area contributed by atoms with Crippen LogP contribution in [0.25, 0.3) is 0 Å². The summed E-state index contributed by atoms with van der Waals surface area (Å²) in [6.45, 7) is 9.81. The van der Waals surface area contributed by atoms with Gasteiger partial charge in [-0.05, 0) is 18.8 Å².